The molecule has 0 unspecified atom stereocenters. The molecule has 0 saturated carbocycles. The van der Waals surface area contributed by atoms with Gasteiger partial charge in [0.1, 0.15) is 24.7 Å². The average molecular weight is 338 g/mol. The molecule has 5 N–H and O–H groups in total. The Morgan fingerprint density at radius 3 is 2.64 bits per heavy atom. The first-order valence-electron chi connectivity index (χ1n) is 6.15. The van der Waals surface area contributed by atoms with Crippen LogP contribution in [0.25, 0.3) is 0 Å². The van der Waals surface area contributed by atoms with E-state index in [1.165, 1.54) is 0 Å². The number of aromatic nitrogens is 2. The van der Waals surface area contributed by atoms with Gasteiger partial charge in [-0.05, 0) is 0 Å². The molecule has 4 atom stereocenters. The van der Waals surface area contributed by atoms with E-state index in [0.717, 1.165) is 16.8 Å². The van der Waals surface area contributed by atoms with E-state index in [1.807, 2.05) is 4.98 Å². The summed E-state index contributed by atoms with van der Waals surface area (Å²) in [5, 5.41) is 19.3. The molecule has 1 aliphatic heterocycles. The van der Waals surface area contributed by atoms with Gasteiger partial charge in [0.25, 0.3) is 5.56 Å². The van der Waals surface area contributed by atoms with Crippen molar-refractivity contribution < 1.29 is 34.0 Å². The molecular weight excluding hydrogens is 323 g/mol. The molecular formula is C10H15N2O9P. The van der Waals surface area contributed by atoms with Crippen LogP contribution in [0, 0.1) is 0 Å². The van der Waals surface area contributed by atoms with Crippen molar-refractivity contribution in [3.05, 3.63) is 33.1 Å². The van der Waals surface area contributed by atoms with Gasteiger partial charge in [-0.2, -0.15) is 0 Å². The fraction of sp³-hybridized carbons (Fsp3) is 0.600. The Hall–Kier alpha value is -1.33. The van der Waals surface area contributed by atoms with Crippen LogP contribution in [0.5, 0.6) is 0 Å². The molecule has 0 radical (unpaired) electrons. The lowest BCUT2D eigenvalue weighted by molar-refractivity contribution is -0.0586. The SMILES string of the molecule is O=c1ccn([C@@H]2O[C@H](CO)[C@H](OCP(=O)(O)O)[C@H]2O)c(=O)[nH]1. The van der Waals surface area contributed by atoms with Gasteiger partial charge in [-0.1, -0.05) is 0 Å². The van der Waals surface area contributed by atoms with Crippen molar-refractivity contribution in [2.75, 3.05) is 13.0 Å². The van der Waals surface area contributed by atoms with Crippen molar-refractivity contribution in [2.24, 2.45) is 0 Å². The van der Waals surface area contributed by atoms with Crippen molar-refractivity contribution in [3.8, 4) is 0 Å². The van der Waals surface area contributed by atoms with Gasteiger partial charge in [0.2, 0.25) is 0 Å². The van der Waals surface area contributed by atoms with Crippen molar-refractivity contribution >= 4 is 7.60 Å². The minimum atomic E-state index is -4.48. The molecule has 1 aromatic heterocycles. The molecule has 11 nitrogen and oxygen atoms in total. The summed E-state index contributed by atoms with van der Waals surface area (Å²) >= 11 is 0. The topological polar surface area (TPSA) is 171 Å². The quantitative estimate of drug-likeness (QED) is 0.358. The van der Waals surface area contributed by atoms with Crippen LogP contribution in [0.15, 0.2) is 21.9 Å². The van der Waals surface area contributed by atoms with Crippen LogP contribution >= 0.6 is 7.60 Å². The van der Waals surface area contributed by atoms with E-state index in [2.05, 4.69) is 0 Å². The van der Waals surface area contributed by atoms with E-state index in [9.17, 15) is 24.4 Å². The number of ether oxygens (including phenoxy) is 2. The molecule has 0 amide bonds. The summed E-state index contributed by atoms with van der Waals surface area (Å²) in [7, 11) is -4.48. The van der Waals surface area contributed by atoms with E-state index in [4.69, 9.17) is 19.3 Å². The highest BCUT2D eigenvalue weighted by atomic mass is 31.2. The van der Waals surface area contributed by atoms with Crippen LogP contribution in [0.1, 0.15) is 6.23 Å². The molecule has 12 heteroatoms. The number of H-pyrrole nitrogens is 1. The number of hydrogen-bond donors (Lipinski definition) is 5. The summed E-state index contributed by atoms with van der Waals surface area (Å²) in [6, 6.07) is 1.04. The lowest BCUT2D eigenvalue weighted by Gasteiger charge is -2.20. The van der Waals surface area contributed by atoms with E-state index >= 15 is 0 Å². The maximum atomic E-state index is 11.7. The van der Waals surface area contributed by atoms with Crippen LogP contribution in [0.4, 0.5) is 0 Å². The zero-order valence-electron chi connectivity index (χ0n) is 11.1. The highest BCUT2D eigenvalue weighted by molar-refractivity contribution is 7.51. The number of aromatic amines is 1. The molecule has 0 aliphatic carbocycles. The maximum Gasteiger partial charge on any atom is 0.350 e. The third-order valence-electron chi connectivity index (χ3n) is 3.05. The van der Waals surface area contributed by atoms with Crippen molar-refractivity contribution in [3.63, 3.8) is 0 Å². The number of hydrogen-bond acceptors (Lipinski definition) is 7. The molecule has 1 fully saturated rings. The normalized spacial score (nSPS) is 28.9. The average Bonchev–Trinajstić information content (AvgIpc) is 2.72. The van der Waals surface area contributed by atoms with Crippen LogP contribution in [0.3, 0.4) is 0 Å². The summed E-state index contributed by atoms with van der Waals surface area (Å²) in [6.07, 6.45) is -4.97. The molecule has 0 bridgehead atoms. The van der Waals surface area contributed by atoms with Gasteiger partial charge in [0, 0.05) is 12.3 Å². The Morgan fingerprint density at radius 1 is 1.41 bits per heavy atom. The molecule has 2 heterocycles. The van der Waals surface area contributed by atoms with Crippen molar-refractivity contribution in [2.45, 2.75) is 24.5 Å². The summed E-state index contributed by atoms with van der Waals surface area (Å²) in [6.45, 7) is -0.600. The van der Waals surface area contributed by atoms with Crippen LogP contribution in [-0.4, -0.2) is 60.8 Å². The smallest absolute Gasteiger partial charge is 0.350 e. The van der Waals surface area contributed by atoms with Gasteiger partial charge in [-0.15, -0.1) is 0 Å². The summed E-state index contributed by atoms with van der Waals surface area (Å²) in [5.41, 5.74) is -1.48. The number of nitrogens with zero attached hydrogens (tertiary/aromatic N) is 1. The fourth-order valence-electron chi connectivity index (χ4n) is 2.11. The summed E-state index contributed by atoms with van der Waals surface area (Å²) in [4.78, 5) is 42.2. The molecule has 0 spiro atoms. The number of aliphatic hydroxyl groups is 2. The molecule has 0 aromatic carbocycles. The van der Waals surface area contributed by atoms with Crippen molar-refractivity contribution in [1.82, 2.24) is 9.55 Å². The fourth-order valence-corrected chi connectivity index (χ4v) is 2.48. The Kier molecular flexibility index (Phi) is 4.97. The predicted molar refractivity (Wildman–Crippen MR) is 70.1 cm³/mol. The number of rotatable bonds is 5. The molecule has 22 heavy (non-hydrogen) atoms. The Bertz CT molecular complexity index is 679. The standard InChI is InChI=1S/C10H15N2O9P/c13-3-5-8(20-4-22(17,18)19)7(15)9(21-5)12-2-1-6(14)11-10(12)16/h1-2,5,7-9,13,15H,3-4H2,(H,11,14,16)(H2,17,18,19)/t5-,7-,8+,9-/m1/s1. The highest BCUT2D eigenvalue weighted by Crippen LogP contribution is 2.37. The molecule has 124 valence electrons. The van der Waals surface area contributed by atoms with Gasteiger partial charge >= 0.3 is 13.3 Å². The second-order valence-electron chi connectivity index (χ2n) is 4.68. The molecule has 2 rings (SSSR count). The highest BCUT2D eigenvalue weighted by Gasteiger charge is 2.46. The van der Waals surface area contributed by atoms with Gasteiger partial charge in [0.15, 0.2) is 6.23 Å². The zero-order valence-corrected chi connectivity index (χ0v) is 12.0. The summed E-state index contributed by atoms with van der Waals surface area (Å²) < 4.78 is 21.9. The molecule has 1 aromatic rings. The van der Waals surface area contributed by atoms with E-state index in [1.54, 1.807) is 0 Å². The second-order valence-corrected chi connectivity index (χ2v) is 6.27. The van der Waals surface area contributed by atoms with E-state index < -0.39 is 56.3 Å². The largest absolute Gasteiger partial charge is 0.394 e. The number of nitrogens with one attached hydrogen (secondary N) is 1. The third kappa shape index (κ3) is 3.70. The predicted octanol–water partition coefficient (Wildman–Crippen LogP) is -2.69. The minimum absolute atomic E-state index is 0.600. The summed E-state index contributed by atoms with van der Waals surface area (Å²) in [5.74, 6) is 0. The lowest BCUT2D eigenvalue weighted by atomic mass is 10.1. The second kappa shape index (κ2) is 6.42. The first-order chi connectivity index (χ1) is 10.2. The third-order valence-corrected chi connectivity index (χ3v) is 3.54. The van der Waals surface area contributed by atoms with Crippen LogP contribution in [0.2, 0.25) is 0 Å². The van der Waals surface area contributed by atoms with Crippen molar-refractivity contribution in [1.29, 1.82) is 0 Å². The lowest BCUT2D eigenvalue weighted by Crippen LogP contribution is -2.39. The van der Waals surface area contributed by atoms with Crippen LogP contribution < -0.4 is 11.2 Å². The Balaban J connectivity index is 2.23. The molecule has 1 aliphatic rings. The van der Waals surface area contributed by atoms with Gasteiger partial charge < -0.3 is 29.5 Å². The zero-order chi connectivity index (χ0) is 16.5. The Morgan fingerprint density at radius 2 is 2.09 bits per heavy atom. The minimum Gasteiger partial charge on any atom is -0.394 e. The van der Waals surface area contributed by atoms with E-state index in [0.29, 0.717) is 0 Å². The van der Waals surface area contributed by atoms with E-state index in [-0.39, 0.29) is 0 Å². The number of aliphatic hydroxyl groups excluding tert-OH is 2. The monoisotopic (exact) mass is 338 g/mol. The first-order valence-corrected chi connectivity index (χ1v) is 7.95. The first kappa shape index (κ1) is 17.0. The van der Waals surface area contributed by atoms with Gasteiger partial charge in [-0.3, -0.25) is 18.9 Å². The maximum absolute atomic E-state index is 11.7. The van der Waals surface area contributed by atoms with Gasteiger partial charge in [-0.25, -0.2) is 4.79 Å². The Labute approximate surface area is 122 Å². The van der Waals surface area contributed by atoms with Crippen LogP contribution in [-0.2, 0) is 14.0 Å². The van der Waals surface area contributed by atoms with Gasteiger partial charge in [0.05, 0.1) is 6.61 Å². The molecule has 1 saturated heterocycles.